The standard InChI is InChI=1S/C11H10F3N3O2S/c12-11(13,14)8-2-1-3-10(4-8)20(18,19)17-6-9-5-15-7-16-9/h1-5,7,17H,6H2,(H,15,16). The Balaban J connectivity index is 2.21. The van der Waals surface area contributed by atoms with Gasteiger partial charge in [0.2, 0.25) is 10.0 Å². The Hall–Kier alpha value is -1.87. The number of H-pyrrole nitrogens is 1. The van der Waals surface area contributed by atoms with Gasteiger partial charge in [-0.05, 0) is 18.2 Å². The van der Waals surface area contributed by atoms with Crippen LogP contribution in [0.4, 0.5) is 13.2 Å². The molecule has 2 rings (SSSR count). The lowest BCUT2D eigenvalue weighted by Crippen LogP contribution is -2.23. The third-order valence-electron chi connectivity index (χ3n) is 2.48. The van der Waals surface area contributed by atoms with Crippen molar-refractivity contribution in [1.29, 1.82) is 0 Å². The van der Waals surface area contributed by atoms with Gasteiger partial charge in [-0.15, -0.1) is 0 Å². The van der Waals surface area contributed by atoms with Crippen molar-refractivity contribution in [2.75, 3.05) is 0 Å². The first-order valence-electron chi connectivity index (χ1n) is 5.43. The second kappa shape index (κ2) is 5.25. The topological polar surface area (TPSA) is 74.8 Å². The second-order valence-corrected chi connectivity index (χ2v) is 5.69. The predicted molar refractivity (Wildman–Crippen MR) is 64.1 cm³/mol. The van der Waals surface area contributed by atoms with Gasteiger partial charge in [0.15, 0.2) is 0 Å². The molecule has 0 aliphatic carbocycles. The van der Waals surface area contributed by atoms with E-state index in [2.05, 4.69) is 14.7 Å². The molecule has 0 atom stereocenters. The minimum absolute atomic E-state index is 0.0847. The van der Waals surface area contributed by atoms with Gasteiger partial charge in [0.25, 0.3) is 0 Å². The van der Waals surface area contributed by atoms with Crippen LogP contribution in [0.25, 0.3) is 0 Å². The van der Waals surface area contributed by atoms with Gasteiger partial charge in [-0.25, -0.2) is 18.1 Å². The fourth-order valence-electron chi connectivity index (χ4n) is 1.48. The second-order valence-electron chi connectivity index (χ2n) is 3.93. The summed E-state index contributed by atoms with van der Waals surface area (Å²) in [7, 11) is -4.02. The lowest BCUT2D eigenvalue weighted by atomic mass is 10.2. The third kappa shape index (κ3) is 3.36. The fourth-order valence-corrected chi connectivity index (χ4v) is 2.53. The van der Waals surface area contributed by atoms with E-state index >= 15 is 0 Å². The van der Waals surface area contributed by atoms with Gasteiger partial charge in [-0.3, -0.25) is 0 Å². The summed E-state index contributed by atoms with van der Waals surface area (Å²) < 4.78 is 63.6. The number of aromatic amines is 1. The van der Waals surface area contributed by atoms with Crippen molar-refractivity contribution in [2.24, 2.45) is 0 Å². The fraction of sp³-hybridized carbons (Fsp3) is 0.182. The number of nitrogens with one attached hydrogen (secondary N) is 2. The van der Waals surface area contributed by atoms with E-state index in [4.69, 9.17) is 0 Å². The average molecular weight is 305 g/mol. The molecular formula is C11H10F3N3O2S. The van der Waals surface area contributed by atoms with Gasteiger partial charge in [-0.2, -0.15) is 13.2 Å². The first kappa shape index (κ1) is 14.5. The molecule has 2 aromatic rings. The highest BCUT2D eigenvalue weighted by Gasteiger charge is 2.31. The maximum atomic E-state index is 12.5. The number of hydrogen-bond donors (Lipinski definition) is 2. The Morgan fingerprint density at radius 1 is 1.30 bits per heavy atom. The van der Waals surface area contributed by atoms with Gasteiger partial charge in [0.05, 0.1) is 23.3 Å². The van der Waals surface area contributed by atoms with Crippen LogP contribution in [0.3, 0.4) is 0 Å². The predicted octanol–water partition coefficient (Wildman–Crippen LogP) is 1.91. The van der Waals surface area contributed by atoms with Crippen molar-refractivity contribution in [3.8, 4) is 0 Å². The zero-order valence-electron chi connectivity index (χ0n) is 9.98. The molecule has 5 nitrogen and oxygen atoms in total. The summed E-state index contributed by atoms with van der Waals surface area (Å²) in [5, 5.41) is 0. The van der Waals surface area contributed by atoms with Crippen LogP contribution in [0.1, 0.15) is 11.3 Å². The molecule has 0 saturated carbocycles. The first-order valence-corrected chi connectivity index (χ1v) is 6.91. The number of rotatable bonds is 4. The van der Waals surface area contributed by atoms with Gasteiger partial charge >= 0.3 is 6.18 Å². The van der Waals surface area contributed by atoms with Crippen LogP contribution < -0.4 is 4.72 Å². The number of nitrogens with zero attached hydrogens (tertiary/aromatic N) is 1. The quantitative estimate of drug-likeness (QED) is 0.906. The maximum absolute atomic E-state index is 12.5. The van der Waals surface area contributed by atoms with Gasteiger partial charge in [0, 0.05) is 11.9 Å². The number of aromatic nitrogens is 2. The monoisotopic (exact) mass is 305 g/mol. The molecule has 0 bridgehead atoms. The van der Waals surface area contributed by atoms with E-state index in [1.54, 1.807) is 0 Å². The van der Waals surface area contributed by atoms with Crippen LogP contribution in [0.5, 0.6) is 0 Å². The zero-order valence-corrected chi connectivity index (χ0v) is 10.8. The van der Waals surface area contributed by atoms with Crippen LogP contribution in [0.2, 0.25) is 0 Å². The van der Waals surface area contributed by atoms with Crippen LogP contribution >= 0.6 is 0 Å². The first-order chi connectivity index (χ1) is 9.29. The Bertz CT molecular complexity index is 681. The summed E-state index contributed by atoms with van der Waals surface area (Å²) in [6.45, 7) is -0.0847. The summed E-state index contributed by atoms with van der Waals surface area (Å²) in [6, 6.07) is 3.56. The Morgan fingerprint density at radius 3 is 2.65 bits per heavy atom. The van der Waals surface area contributed by atoms with Gasteiger partial charge in [-0.1, -0.05) is 6.07 Å². The molecule has 1 aromatic carbocycles. The largest absolute Gasteiger partial charge is 0.416 e. The van der Waals surface area contributed by atoms with Crippen LogP contribution in [-0.4, -0.2) is 18.4 Å². The molecule has 2 N–H and O–H groups in total. The van der Waals surface area contributed by atoms with E-state index < -0.39 is 26.7 Å². The number of halogens is 3. The molecule has 0 radical (unpaired) electrons. The smallest absolute Gasteiger partial charge is 0.347 e. The molecule has 0 aliphatic rings. The van der Waals surface area contributed by atoms with E-state index in [1.807, 2.05) is 0 Å². The van der Waals surface area contributed by atoms with Gasteiger partial charge in [0.1, 0.15) is 0 Å². The molecule has 0 unspecified atom stereocenters. The van der Waals surface area contributed by atoms with E-state index in [-0.39, 0.29) is 6.54 Å². The van der Waals surface area contributed by atoms with Crippen molar-refractivity contribution < 1.29 is 21.6 Å². The highest BCUT2D eigenvalue weighted by atomic mass is 32.2. The average Bonchev–Trinajstić information content (AvgIpc) is 2.89. The van der Waals surface area contributed by atoms with Crippen LogP contribution in [0.15, 0.2) is 41.7 Å². The molecular weight excluding hydrogens is 295 g/mol. The summed E-state index contributed by atoms with van der Waals surface area (Å²) >= 11 is 0. The van der Waals surface area contributed by atoms with Gasteiger partial charge < -0.3 is 4.98 Å². The Kier molecular flexibility index (Phi) is 3.82. The zero-order chi connectivity index (χ0) is 14.8. The molecule has 9 heteroatoms. The van der Waals surface area contributed by atoms with Crippen molar-refractivity contribution >= 4 is 10.0 Å². The third-order valence-corrected chi connectivity index (χ3v) is 3.88. The van der Waals surface area contributed by atoms with Crippen LogP contribution in [-0.2, 0) is 22.7 Å². The number of hydrogen-bond acceptors (Lipinski definition) is 3. The number of benzene rings is 1. The van der Waals surface area contributed by atoms with E-state index in [0.29, 0.717) is 11.8 Å². The molecule has 0 spiro atoms. The minimum atomic E-state index is -4.59. The van der Waals surface area contributed by atoms with Crippen LogP contribution in [0, 0.1) is 0 Å². The maximum Gasteiger partial charge on any atom is 0.416 e. The van der Waals surface area contributed by atoms with E-state index in [0.717, 1.165) is 18.2 Å². The Morgan fingerprint density at radius 2 is 2.05 bits per heavy atom. The van der Waals surface area contributed by atoms with E-state index in [1.165, 1.54) is 12.5 Å². The lowest BCUT2D eigenvalue weighted by Gasteiger charge is -2.09. The summed E-state index contributed by atoms with van der Waals surface area (Å²) in [5.41, 5.74) is -0.512. The SMILES string of the molecule is O=S(=O)(NCc1cnc[nH]1)c1cccc(C(F)(F)F)c1. The van der Waals surface area contributed by atoms with Crippen molar-refractivity contribution in [1.82, 2.24) is 14.7 Å². The normalized spacial score (nSPS) is 12.6. The summed E-state index contributed by atoms with van der Waals surface area (Å²) in [5.74, 6) is 0. The highest BCUT2D eigenvalue weighted by Crippen LogP contribution is 2.30. The number of alkyl halides is 3. The molecule has 108 valence electrons. The number of sulfonamides is 1. The lowest BCUT2D eigenvalue weighted by molar-refractivity contribution is -0.137. The number of imidazole rings is 1. The van der Waals surface area contributed by atoms with Crippen molar-refractivity contribution in [3.05, 3.63) is 48.0 Å². The molecule has 0 saturated heterocycles. The van der Waals surface area contributed by atoms with Crippen molar-refractivity contribution in [2.45, 2.75) is 17.6 Å². The summed E-state index contributed by atoms with van der Waals surface area (Å²) in [4.78, 5) is 5.94. The van der Waals surface area contributed by atoms with E-state index in [9.17, 15) is 21.6 Å². The molecule has 0 fully saturated rings. The molecule has 0 amide bonds. The highest BCUT2D eigenvalue weighted by molar-refractivity contribution is 7.89. The Labute approximate surface area is 112 Å². The molecule has 20 heavy (non-hydrogen) atoms. The van der Waals surface area contributed by atoms with Crippen molar-refractivity contribution in [3.63, 3.8) is 0 Å². The molecule has 0 aliphatic heterocycles. The summed E-state index contributed by atoms with van der Waals surface area (Å²) in [6.07, 6.45) is -1.81. The molecule has 1 heterocycles. The molecule has 1 aromatic heterocycles. The minimum Gasteiger partial charge on any atom is -0.347 e.